The molecule has 1 aromatic rings. The predicted molar refractivity (Wildman–Crippen MR) is 85.4 cm³/mol. The molecule has 0 fully saturated rings. The van der Waals surface area contributed by atoms with E-state index in [4.69, 9.17) is 18.9 Å². The number of hydrogen-bond donors (Lipinski definition) is 0. The summed E-state index contributed by atoms with van der Waals surface area (Å²) in [5.41, 5.74) is 1.88. The number of ether oxygens (including phenoxy) is 4. The van der Waals surface area contributed by atoms with E-state index in [1.54, 1.807) is 34.3 Å². The average Bonchev–Trinajstić information content (AvgIpc) is 2.53. The number of carbonyl (C=O) groups is 1. The molecule has 0 aliphatic carbocycles. The van der Waals surface area contributed by atoms with E-state index in [2.05, 4.69) is 0 Å². The van der Waals surface area contributed by atoms with Crippen LogP contribution in [0.2, 0.25) is 0 Å². The van der Waals surface area contributed by atoms with Gasteiger partial charge in [0.15, 0.2) is 11.5 Å². The van der Waals surface area contributed by atoms with Gasteiger partial charge in [0.25, 0.3) is 0 Å². The maximum Gasteiger partial charge on any atom is 0.330 e. The molecule has 0 bridgehead atoms. The van der Waals surface area contributed by atoms with Crippen molar-refractivity contribution in [1.82, 2.24) is 0 Å². The zero-order chi connectivity index (χ0) is 16.5. The summed E-state index contributed by atoms with van der Waals surface area (Å²) in [6.07, 6.45) is 3.87. The van der Waals surface area contributed by atoms with Crippen LogP contribution in [0.3, 0.4) is 0 Å². The third kappa shape index (κ3) is 5.07. The smallest absolute Gasteiger partial charge is 0.330 e. The molecular formula is C17H24O5. The van der Waals surface area contributed by atoms with Gasteiger partial charge in [-0.15, -0.1) is 0 Å². The molecule has 0 amide bonds. The molecule has 22 heavy (non-hydrogen) atoms. The Balaban J connectivity index is 3.17. The van der Waals surface area contributed by atoms with Crippen molar-refractivity contribution in [2.24, 2.45) is 0 Å². The standard InChI is InChI=1S/C17H24O5/c1-6-22-17(18)8-7-13-10-15(20-4)16(21-5)11-14(13)9-12(2)19-3/h7-8,10-12H,6,9H2,1-5H3/b8-7-. The SMILES string of the molecule is CCOC(=O)/C=C\c1cc(OC)c(OC)cc1CC(C)OC. The minimum absolute atomic E-state index is 0.0489. The minimum atomic E-state index is -0.372. The van der Waals surface area contributed by atoms with Crippen LogP contribution in [-0.4, -0.2) is 40.0 Å². The van der Waals surface area contributed by atoms with Gasteiger partial charge >= 0.3 is 5.97 Å². The van der Waals surface area contributed by atoms with Crippen LogP contribution < -0.4 is 9.47 Å². The van der Waals surface area contributed by atoms with Crippen molar-refractivity contribution >= 4 is 12.0 Å². The molecule has 0 aliphatic rings. The molecule has 5 nitrogen and oxygen atoms in total. The molecule has 0 aliphatic heterocycles. The van der Waals surface area contributed by atoms with Crippen LogP contribution in [0.4, 0.5) is 0 Å². The number of methoxy groups -OCH3 is 3. The molecule has 1 atom stereocenters. The molecule has 0 radical (unpaired) electrons. The molecule has 1 rings (SSSR count). The van der Waals surface area contributed by atoms with E-state index in [1.165, 1.54) is 6.08 Å². The van der Waals surface area contributed by atoms with Crippen LogP contribution in [0, 0.1) is 0 Å². The topological polar surface area (TPSA) is 54.0 Å². The number of hydrogen-bond acceptors (Lipinski definition) is 5. The van der Waals surface area contributed by atoms with Gasteiger partial charge in [0.1, 0.15) is 0 Å². The van der Waals surface area contributed by atoms with Gasteiger partial charge in [0, 0.05) is 13.2 Å². The maximum atomic E-state index is 11.5. The van der Waals surface area contributed by atoms with Crippen LogP contribution in [0.1, 0.15) is 25.0 Å². The first-order valence-electron chi connectivity index (χ1n) is 7.18. The fraction of sp³-hybridized carbons (Fsp3) is 0.471. The monoisotopic (exact) mass is 308 g/mol. The zero-order valence-corrected chi connectivity index (χ0v) is 13.8. The third-order valence-corrected chi connectivity index (χ3v) is 3.24. The van der Waals surface area contributed by atoms with E-state index in [0.29, 0.717) is 24.5 Å². The fourth-order valence-electron chi connectivity index (χ4n) is 2.01. The van der Waals surface area contributed by atoms with Gasteiger partial charge in [0.2, 0.25) is 0 Å². The molecule has 1 unspecified atom stereocenters. The van der Waals surface area contributed by atoms with Gasteiger partial charge in [-0.2, -0.15) is 0 Å². The first kappa shape index (κ1) is 18.0. The Morgan fingerprint density at radius 3 is 2.36 bits per heavy atom. The molecule has 0 N–H and O–H groups in total. The Labute approximate surface area is 131 Å². The lowest BCUT2D eigenvalue weighted by molar-refractivity contribution is -0.137. The zero-order valence-electron chi connectivity index (χ0n) is 13.8. The highest BCUT2D eigenvalue weighted by Crippen LogP contribution is 2.32. The number of benzene rings is 1. The van der Waals surface area contributed by atoms with Crippen molar-refractivity contribution < 1.29 is 23.7 Å². The lowest BCUT2D eigenvalue weighted by Gasteiger charge is -2.15. The third-order valence-electron chi connectivity index (χ3n) is 3.24. The Morgan fingerprint density at radius 2 is 1.82 bits per heavy atom. The van der Waals surface area contributed by atoms with Crippen molar-refractivity contribution in [3.8, 4) is 11.5 Å². The van der Waals surface area contributed by atoms with Gasteiger partial charge in [-0.05, 0) is 49.6 Å². The normalized spacial score (nSPS) is 12.2. The van der Waals surface area contributed by atoms with Crippen LogP contribution in [0.15, 0.2) is 18.2 Å². The van der Waals surface area contributed by atoms with E-state index >= 15 is 0 Å². The summed E-state index contributed by atoms with van der Waals surface area (Å²) in [5, 5.41) is 0. The maximum absolute atomic E-state index is 11.5. The molecule has 0 spiro atoms. The van der Waals surface area contributed by atoms with E-state index in [9.17, 15) is 4.79 Å². The number of carbonyl (C=O) groups excluding carboxylic acids is 1. The molecule has 5 heteroatoms. The largest absolute Gasteiger partial charge is 0.493 e. The Kier molecular flexibility index (Phi) is 7.46. The number of rotatable bonds is 8. The van der Waals surface area contributed by atoms with Gasteiger partial charge < -0.3 is 18.9 Å². The van der Waals surface area contributed by atoms with E-state index in [-0.39, 0.29) is 12.1 Å². The molecule has 0 aromatic heterocycles. The van der Waals surface area contributed by atoms with E-state index < -0.39 is 0 Å². The molecular weight excluding hydrogens is 284 g/mol. The van der Waals surface area contributed by atoms with Crippen molar-refractivity contribution in [3.05, 3.63) is 29.3 Å². The quantitative estimate of drug-likeness (QED) is 0.546. The Hall–Kier alpha value is -2.01. The Morgan fingerprint density at radius 1 is 1.18 bits per heavy atom. The van der Waals surface area contributed by atoms with Crippen molar-refractivity contribution in [1.29, 1.82) is 0 Å². The molecule has 1 aromatic carbocycles. The summed E-state index contributed by atoms with van der Waals surface area (Å²) >= 11 is 0. The highest BCUT2D eigenvalue weighted by molar-refractivity contribution is 5.87. The van der Waals surface area contributed by atoms with Gasteiger partial charge in [-0.25, -0.2) is 4.79 Å². The summed E-state index contributed by atoms with van der Waals surface area (Å²) in [4.78, 5) is 11.5. The van der Waals surface area contributed by atoms with Crippen LogP contribution >= 0.6 is 0 Å². The average molecular weight is 308 g/mol. The summed E-state index contributed by atoms with van der Waals surface area (Å²) < 4.78 is 20.9. The second-order valence-corrected chi connectivity index (χ2v) is 4.74. The fourth-order valence-corrected chi connectivity index (χ4v) is 2.01. The van der Waals surface area contributed by atoms with Gasteiger partial charge in [-0.1, -0.05) is 0 Å². The predicted octanol–water partition coefficient (Wildman–Crippen LogP) is 2.86. The lowest BCUT2D eigenvalue weighted by atomic mass is 10.0. The van der Waals surface area contributed by atoms with Crippen molar-refractivity contribution in [2.75, 3.05) is 27.9 Å². The summed E-state index contributed by atoms with van der Waals surface area (Å²) in [5.74, 6) is 0.886. The lowest BCUT2D eigenvalue weighted by Crippen LogP contribution is -2.10. The summed E-state index contributed by atoms with van der Waals surface area (Å²) in [6.45, 7) is 4.10. The van der Waals surface area contributed by atoms with Crippen LogP contribution in [0.5, 0.6) is 11.5 Å². The van der Waals surface area contributed by atoms with Crippen molar-refractivity contribution in [2.45, 2.75) is 26.4 Å². The second-order valence-electron chi connectivity index (χ2n) is 4.74. The number of esters is 1. The minimum Gasteiger partial charge on any atom is -0.493 e. The van der Waals surface area contributed by atoms with E-state index in [1.807, 2.05) is 19.1 Å². The van der Waals surface area contributed by atoms with Gasteiger partial charge in [0.05, 0.1) is 26.9 Å². The second kappa shape index (κ2) is 9.10. The van der Waals surface area contributed by atoms with Crippen LogP contribution in [-0.2, 0) is 20.7 Å². The summed E-state index contributed by atoms with van der Waals surface area (Å²) in [6, 6.07) is 3.74. The van der Waals surface area contributed by atoms with Crippen molar-refractivity contribution in [3.63, 3.8) is 0 Å². The van der Waals surface area contributed by atoms with Gasteiger partial charge in [-0.3, -0.25) is 0 Å². The Bertz CT molecular complexity index is 522. The van der Waals surface area contributed by atoms with Crippen LogP contribution in [0.25, 0.3) is 6.08 Å². The molecule has 0 saturated heterocycles. The highest BCUT2D eigenvalue weighted by atomic mass is 16.5. The summed E-state index contributed by atoms with van der Waals surface area (Å²) in [7, 11) is 4.84. The molecule has 122 valence electrons. The molecule has 0 heterocycles. The molecule has 0 saturated carbocycles. The first-order valence-corrected chi connectivity index (χ1v) is 7.18. The first-order chi connectivity index (χ1) is 10.5. The van der Waals surface area contributed by atoms with E-state index in [0.717, 1.165) is 11.1 Å². The highest BCUT2D eigenvalue weighted by Gasteiger charge is 2.12.